The van der Waals surface area contributed by atoms with Gasteiger partial charge in [-0.15, -0.1) is 11.8 Å². The van der Waals surface area contributed by atoms with Crippen LogP contribution in [0.3, 0.4) is 0 Å². The molecule has 1 amide bonds. The van der Waals surface area contributed by atoms with E-state index in [0.717, 1.165) is 24.4 Å². The number of nitrogens with one attached hydrogen (secondary N) is 1. The minimum absolute atomic E-state index is 0.127. The molecule has 3 rings (SSSR count). The van der Waals surface area contributed by atoms with Crippen LogP contribution in [0.2, 0.25) is 0 Å². The topological polar surface area (TPSA) is 50.8 Å². The molecule has 0 bridgehead atoms. The monoisotopic (exact) mass is 580 g/mol. The molecule has 0 saturated carbocycles. The van der Waals surface area contributed by atoms with Gasteiger partial charge in [0.15, 0.2) is 11.5 Å². The number of anilines is 1. The van der Waals surface area contributed by atoms with Crippen LogP contribution in [-0.4, -0.2) is 30.4 Å². The molecule has 1 heterocycles. The van der Waals surface area contributed by atoms with E-state index >= 15 is 0 Å². The summed E-state index contributed by atoms with van der Waals surface area (Å²) < 4.78 is 11.6. The number of nitrogens with zero attached hydrogens (tertiary/aromatic N) is 1. The van der Waals surface area contributed by atoms with E-state index in [1.54, 1.807) is 7.11 Å². The number of rotatable bonds is 21. The lowest BCUT2D eigenvalue weighted by molar-refractivity contribution is 0.102. The highest BCUT2D eigenvalue weighted by Gasteiger charge is 2.13. The molecule has 2 aromatic rings. The smallest absolute Gasteiger partial charge is 0.255 e. The molecule has 1 aliphatic rings. The van der Waals surface area contributed by atoms with Crippen molar-refractivity contribution in [2.24, 2.45) is 0 Å². The predicted octanol–water partition coefficient (Wildman–Crippen LogP) is 10.2. The van der Waals surface area contributed by atoms with Crippen molar-refractivity contribution in [2.75, 3.05) is 24.9 Å². The summed E-state index contributed by atoms with van der Waals surface area (Å²) in [6, 6.07) is 13.4. The van der Waals surface area contributed by atoms with E-state index in [-0.39, 0.29) is 5.91 Å². The molecular weight excluding hydrogens is 528 g/mol. The number of hydrogen-bond acceptors (Lipinski definition) is 5. The Morgan fingerprint density at radius 3 is 2.12 bits per heavy atom. The summed E-state index contributed by atoms with van der Waals surface area (Å²) in [5.41, 5.74) is 2.47. The van der Waals surface area contributed by atoms with Gasteiger partial charge in [0.1, 0.15) is 0 Å². The standard InChI is InChI=1S/C35H52N2O3S/c1-4-5-6-7-8-9-10-11-12-13-14-15-16-17-23-40-34-25-32(21-22-33(34)39-3)36-35(38)31-20-18-19-30(24-31)27-37-26-29(2)41-28-37/h18-22,24-26H,4-17,23,27-28H2,1-3H3,(H,36,38). The Morgan fingerprint density at radius 2 is 1.51 bits per heavy atom. The van der Waals surface area contributed by atoms with Crippen molar-refractivity contribution in [3.05, 3.63) is 64.7 Å². The quantitative estimate of drug-likeness (QED) is 0.149. The van der Waals surface area contributed by atoms with Gasteiger partial charge in [-0.3, -0.25) is 4.79 Å². The van der Waals surface area contributed by atoms with Gasteiger partial charge in [-0.1, -0.05) is 103 Å². The van der Waals surface area contributed by atoms with Crippen molar-refractivity contribution >= 4 is 23.4 Å². The Kier molecular flexibility index (Phi) is 15.7. The van der Waals surface area contributed by atoms with Gasteiger partial charge in [0.2, 0.25) is 0 Å². The van der Waals surface area contributed by atoms with Crippen LogP contribution in [-0.2, 0) is 6.54 Å². The number of thioether (sulfide) groups is 1. The number of amides is 1. The Balaban J connectivity index is 1.33. The third-order valence-corrected chi connectivity index (χ3v) is 8.60. The number of ether oxygens (including phenoxy) is 2. The highest BCUT2D eigenvalue weighted by Crippen LogP contribution is 2.31. The minimum atomic E-state index is -0.127. The van der Waals surface area contributed by atoms with Crippen molar-refractivity contribution in [3.63, 3.8) is 0 Å². The Labute approximate surface area is 253 Å². The number of hydrogen-bond donors (Lipinski definition) is 1. The molecule has 41 heavy (non-hydrogen) atoms. The maximum absolute atomic E-state index is 13.0. The highest BCUT2D eigenvalue weighted by atomic mass is 32.2. The Bertz CT molecular complexity index is 1070. The van der Waals surface area contributed by atoms with Gasteiger partial charge >= 0.3 is 0 Å². The first-order chi connectivity index (χ1) is 20.1. The van der Waals surface area contributed by atoms with Crippen LogP contribution in [0, 0.1) is 0 Å². The largest absolute Gasteiger partial charge is 0.493 e. The summed E-state index contributed by atoms with van der Waals surface area (Å²) in [7, 11) is 1.65. The average molecular weight is 581 g/mol. The van der Waals surface area contributed by atoms with Crippen LogP contribution in [0.25, 0.3) is 0 Å². The summed E-state index contributed by atoms with van der Waals surface area (Å²) in [5, 5.41) is 3.03. The maximum Gasteiger partial charge on any atom is 0.255 e. The van der Waals surface area contributed by atoms with Gasteiger partial charge in [0.25, 0.3) is 5.91 Å². The minimum Gasteiger partial charge on any atom is -0.493 e. The molecule has 2 aromatic carbocycles. The molecule has 0 aromatic heterocycles. The average Bonchev–Trinajstić information content (AvgIpc) is 3.39. The Morgan fingerprint density at radius 1 is 0.854 bits per heavy atom. The van der Waals surface area contributed by atoms with E-state index in [9.17, 15) is 4.79 Å². The van der Waals surface area contributed by atoms with Crippen molar-refractivity contribution in [2.45, 2.75) is 110 Å². The molecule has 1 N–H and O–H groups in total. The normalized spacial score (nSPS) is 12.9. The van der Waals surface area contributed by atoms with Gasteiger partial charge in [0, 0.05) is 30.1 Å². The van der Waals surface area contributed by atoms with Crippen LogP contribution in [0.4, 0.5) is 5.69 Å². The second-order valence-corrected chi connectivity index (χ2v) is 12.4. The second-order valence-electron chi connectivity index (χ2n) is 11.2. The van der Waals surface area contributed by atoms with Gasteiger partial charge in [-0.2, -0.15) is 0 Å². The first-order valence-corrected chi connectivity index (χ1v) is 16.8. The molecule has 1 aliphatic heterocycles. The van der Waals surface area contributed by atoms with Crippen LogP contribution < -0.4 is 14.8 Å². The molecule has 226 valence electrons. The van der Waals surface area contributed by atoms with Gasteiger partial charge < -0.3 is 19.7 Å². The lowest BCUT2D eigenvalue weighted by Crippen LogP contribution is -2.15. The van der Waals surface area contributed by atoms with E-state index in [2.05, 4.69) is 36.3 Å². The second kappa shape index (κ2) is 19.5. The van der Waals surface area contributed by atoms with Crippen molar-refractivity contribution in [3.8, 4) is 11.5 Å². The van der Waals surface area contributed by atoms with Crippen LogP contribution >= 0.6 is 11.8 Å². The molecule has 0 radical (unpaired) electrons. The van der Waals surface area contributed by atoms with E-state index < -0.39 is 0 Å². The SMILES string of the molecule is CCCCCCCCCCCCCCCCOc1cc(NC(=O)c2cccc(CN3C=C(C)SC3)c2)ccc1OC. The summed E-state index contributed by atoms with van der Waals surface area (Å²) in [6.45, 7) is 5.85. The zero-order valence-corrected chi connectivity index (χ0v) is 26.5. The van der Waals surface area contributed by atoms with E-state index in [1.807, 2.05) is 48.2 Å². The van der Waals surface area contributed by atoms with E-state index in [1.165, 1.54) is 88.4 Å². The van der Waals surface area contributed by atoms with E-state index in [4.69, 9.17) is 9.47 Å². The van der Waals surface area contributed by atoms with Crippen molar-refractivity contribution < 1.29 is 14.3 Å². The molecule has 0 atom stereocenters. The maximum atomic E-state index is 13.0. The summed E-state index contributed by atoms with van der Waals surface area (Å²) in [4.78, 5) is 16.6. The Hall–Kier alpha value is -2.60. The third-order valence-electron chi connectivity index (χ3n) is 7.57. The molecule has 0 fully saturated rings. The van der Waals surface area contributed by atoms with E-state index in [0.29, 0.717) is 29.4 Å². The number of benzene rings is 2. The first kappa shape index (κ1) is 32.9. The lowest BCUT2D eigenvalue weighted by atomic mass is 10.0. The summed E-state index contributed by atoms with van der Waals surface area (Å²) in [5.74, 6) is 2.18. The van der Waals surface area contributed by atoms with Gasteiger partial charge in [-0.05, 0) is 48.1 Å². The zero-order chi connectivity index (χ0) is 29.1. The van der Waals surface area contributed by atoms with Crippen LogP contribution in [0.1, 0.15) is 120 Å². The lowest BCUT2D eigenvalue weighted by Gasteiger charge is -2.15. The number of allylic oxidation sites excluding steroid dienone is 1. The number of methoxy groups -OCH3 is 1. The van der Waals surface area contributed by atoms with Gasteiger partial charge in [-0.25, -0.2) is 0 Å². The first-order valence-electron chi connectivity index (χ1n) is 15.9. The molecular formula is C35H52N2O3S. The summed E-state index contributed by atoms with van der Waals surface area (Å²) in [6.07, 6.45) is 20.9. The molecule has 5 nitrogen and oxygen atoms in total. The highest BCUT2D eigenvalue weighted by molar-refractivity contribution is 8.03. The van der Waals surface area contributed by atoms with Crippen molar-refractivity contribution in [1.82, 2.24) is 4.90 Å². The summed E-state index contributed by atoms with van der Waals surface area (Å²) >= 11 is 1.84. The predicted molar refractivity (Wildman–Crippen MR) is 175 cm³/mol. The number of carbonyl (C=O) groups is 1. The number of carbonyl (C=O) groups excluding carboxylic acids is 1. The van der Waals surface area contributed by atoms with Crippen LogP contribution in [0.5, 0.6) is 11.5 Å². The van der Waals surface area contributed by atoms with Crippen LogP contribution in [0.15, 0.2) is 53.6 Å². The molecule has 0 spiro atoms. The fourth-order valence-corrected chi connectivity index (χ4v) is 5.96. The fourth-order valence-electron chi connectivity index (χ4n) is 5.20. The third kappa shape index (κ3) is 12.8. The fraction of sp³-hybridized carbons (Fsp3) is 0.571. The van der Waals surface area contributed by atoms with Crippen molar-refractivity contribution in [1.29, 1.82) is 0 Å². The molecule has 0 saturated heterocycles. The zero-order valence-electron chi connectivity index (χ0n) is 25.7. The molecule has 0 unspecified atom stereocenters. The number of unbranched alkanes of at least 4 members (excludes halogenated alkanes) is 13. The molecule has 0 aliphatic carbocycles. The van der Waals surface area contributed by atoms with Gasteiger partial charge in [0.05, 0.1) is 19.6 Å². The molecule has 6 heteroatoms.